The largest absolute Gasteiger partial charge is 0.312 e. The molecule has 28 heavy (non-hydrogen) atoms. The Labute approximate surface area is 168 Å². The Balaban J connectivity index is 1.38. The lowest BCUT2D eigenvalue weighted by atomic mass is 9.84. The second-order valence-corrected chi connectivity index (χ2v) is 10.1. The SMILES string of the molecule is O=C(C1CCC1)N1CCc2cc(S(=O)(=O)NCCN3CCCCCC3)ccc21. The molecule has 1 aromatic rings. The van der Waals surface area contributed by atoms with Crippen molar-refractivity contribution >= 4 is 21.6 Å². The second-order valence-electron chi connectivity index (χ2n) is 8.31. The normalized spacial score (nSPS) is 21.2. The zero-order valence-corrected chi connectivity index (χ0v) is 17.3. The van der Waals surface area contributed by atoms with Gasteiger partial charge in [-0.3, -0.25) is 4.79 Å². The molecule has 3 aliphatic rings. The van der Waals surface area contributed by atoms with Crippen LogP contribution in [0.2, 0.25) is 0 Å². The molecule has 1 saturated heterocycles. The maximum Gasteiger partial charge on any atom is 0.240 e. The highest BCUT2D eigenvalue weighted by atomic mass is 32.2. The lowest BCUT2D eigenvalue weighted by Crippen LogP contribution is -2.37. The first kappa shape index (κ1) is 19.9. The van der Waals surface area contributed by atoms with Gasteiger partial charge in [0.15, 0.2) is 0 Å². The summed E-state index contributed by atoms with van der Waals surface area (Å²) in [7, 11) is -3.52. The third kappa shape index (κ3) is 4.26. The molecule has 2 aliphatic heterocycles. The Morgan fingerprint density at radius 1 is 1.04 bits per heavy atom. The van der Waals surface area contributed by atoms with E-state index in [0.717, 1.165) is 56.6 Å². The molecule has 6 nitrogen and oxygen atoms in total. The number of benzene rings is 1. The van der Waals surface area contributed by atoms with Gasteiger partial charge >= 0.3 is 0 Å². The molecule has 0 unspecified atom stereocenters. The predicted molar refractivity (Wildman–Crippen MR) is 110 cm³/mol. The van der Waals surface area contributed by atoms with Gasteiger partial charge in [0.1, 0.15) is 0 Å². The van der Waals surface area contributed by atoms with Crippen LogP contribution in [-0.4, -0.2) is 51.9 Å². The van der Waals surface area contributed by atoms with Gasteiger partial charge in [-0.1, -0.05) is 19.3 Å². The van der Waals surface area contributed by atoms with Crippen LogP contribution >= 0.6 is 0 Å². The van der Waals surface area contributed by atoms with Crippen molar-refractivity contribution in [2.45, 2.75) is 56.3 Å². The van der Waals surface area contributed by atoms with Crippen molar-refractivity contribution in [3.8, 4) is 0 Å². The van der Waals surface area contributed by atoms with Crippen molar-refractivity contribution in [1.29, 1.82) is 0 Å². The van der Waals surface area contributed by atoms with E-state index >= 15 is 0 Å². The van der Waals surface area contributed by atoms with Gasteiger partial charge in [-0.15, -0.1) is 0 Å². The Morgan fingerprint density at radius 3 is 2.46 bits per heavy atom. The van der Waals surface area contributed by atoms with Crippen LogP contribution in [0, 0.1) is 5.92 Å². The second kappa shape index (κ2) is 8.51. The van der Waals surface area contributed by atoms with Gasteiger partial charge < -0.3 is 9.80 Å². The minimum Gasteiger partial charge on any atom is -0.312 e. The molecule has 2 heterocycles. The fourth-order valence-electron chi connectivity index (χ4n) is 4.43. The maximum absolute atomic E-state index is 12.7. The van der Waals surface area contributed by atoms with E-state index in [2.05, 4.69) is 9.62 Å². The zero-order valence-electron chi connectivity index (χ0n) is 16.5. The first-order valence-electron chi connectivity index (χ1n) is 10.7. The molecular formula is C21H31N3O3S. The molecule has 7 heteroatoms. The number of hydrogen-bond acceptors (Lipinski definition) is 4. The third-order valence-corrected chi connectivity index (χ3v) is 7.85. The molecule has 2 fully saturated rings. The molecule has 1 aliphatic carbocycles. The summed E-state index contributed by atoms with van der Waals surface area (Å²) in [6.07, 6.45) is 8.79. The van der Waals surface area contributed by atoms with E-state index in [1.54, 1.807) is 12.1 Å². The monoisotopic (exact) mass is 405 g/mol. The average molecular weight is 406 g/mol. The highest BCUT2D eigenvalue weighted by molar-refractivity contribution is 7.89. The van der Waals surface area contributed by atoms with E-state index in [9.17, 15) is 13.2 Å². The first-order valence-corrected chi connectivity index (χ1v) is 12.2. The predicted octanol–water partition coefficient (Wildman–Crippen LogP) is 2.53. The summed E-state index contributed by atoms with van der Waals surface area (Å²) in [5.41, 5.74) is 1.85. The van der Waals surface area contributed by atoms with Crippen molar-refractivity contribution in [1.82, 2.24) is 9.62 Å². The number of amides is 1. The van der Waals surface area contributed by atoms with Crippen LogP contribution in [0.4, 0.5) is 5.69 Å². The summed E-state index contributed by atoms with van der Waals surface area (Å²) < 4.78 is 28.2. The number of nitrogens with zero attached hydrogens (tertiary/aromatic N) is 2. The maximum atomic E-state index is 12.7. The molecule has 0 radical (unpaired) electrons. The Bertz CT molecular complexity index is 812. The summed E-state index contributed by atoms with van der Waals surface area (Å²) in [6, 6.07) is 5.19. The van der Waals surface area contributed by atoms with Gasteiger partial charge in [0, 0.05) is 31.2 Å². The van der Waals surface area contributed by atoms with Crippen LogP contribution in [0.15, 0.2) is 23.1 Å². The fraction of sp³-hybridized carbons (Fsp3) is 0.667. The van der Waals surface area contributed by atoms with Crippen LogP contribution in [0.3, 0.4) is 0 Å². The van der Waals surface area contributed by atoms with Crippen molar-refractivity contribution in [2.75, 3.05) is 37.6 Å². The number of rotatable bonds is 6. The van der Waals surface area contributed by atoms with E-state index in [1.165, 1.54) is 25.7 Å². The molecule has 1 aromatic carbocycles. The first-order chi connectivity index (χ1) is 13.5. The number of carbonyl (C=O) groups excluding carboxylic acids is 1. The number of anilines is 1. The molecule has 1 amide bonds. The van der Waals surface area contributed by atoms with Gasteiger partial charge in [-0.2, -0.15) is 0 Å². The quantitative estimate of drug-likeness (QED) is 0.790. The van der Waals surface area contributed by atoms with E-state index in [1.807, 2.05) is 11.0 Å². The van der Waals surface area contributed by atoms with Gasteiger partial charge in [-0.25, -0.2) is 13.1 Å². The minimum atomic E-state index is -3.52. The molecule has 0 aromatic heterocycles. The smallest absolute Gasteiger partial charge is 0.240 e. The van der Waals surface area contributed by atoms with Crippen LogP contribution in [0.25, 0.3) is 0 Å². The molecule has 1 saturated carbocycles. The van der Waals surface area contributed by atoms with E-state index in [4.69, 9.17) is 0 Å². The Morgan fingerprint density at radius 2 is 1.79 bits per heavy atom. The van der Waals surface area contributed by atoms with Crippen LogP contribution < -0.4 is 9.62 Å². The number of sulfonamides is 1. The van der Waals surface area contributed by atoms with Crippen molar-refractivity contribution in [3.05, 3.63) is 23.8 Å². The van der Waals surface area contributed by atoms with Crippen molar-refractivity contribution < 1.29 is 13.2 Å². The van der Waals surface area contributed by atoms with E-state index in [0.29, 0.717) is 18.0 Å². The summed E-state index contributed by atoms with van der Waals surface area (Å²) in [5.74, 6) is 0.367. The van der Waals surface area contributed by atoms with Gasteiger partial charge in [0.25, 0.3) is 0 Å². The molecular weight excluding hydrogens is 374 g/mol. The number of hydrogen-bond donors (Lipinski definition) is 1. The number of likely N-dealkylation sites (tertiary alicyclic amines) is 1. The van der Waals surface area contributed by atoms with E-state index in [-0.39, 0.29) is 11.8 Å². The number of nitrogens with one attached hydrogen (secondary N) is 1. The molecule has 0 atom stereocenters. The Hall–Kier alpha value is -1.44. The van der Waals surface area contributed by atoms with Gasteiger partial charge in [0.05, 0.1) is 4.90 Å². The summed E-state index contributed by atoms with van der Waals surface area (Å²) in [4.78, 5) is 17.1. The fourth-order valence-corrected chi connectivity index (χ4v) is 5.50. The molecule has 4 rings (SSSR count). The Kier molecular flexibility index (Phi) is 6.04. The topological polar surface area (TPSA) is 69.7 Å². The molecule has 1 N–H and O–H groups in total. The highest BCUT2D eigenvalue weighted by Crippen LogP contribution is 2.35. The molecule has 0 bridgehead atoms. The number of carbonyl (C=O) groups is 1. The minimum absolute atomic E-state index is 0.162. The van der Waals surface area contributed by atoms with Gasteiger partial charge in [-0.05, 0) is 69.0 Å². The standard InChI is InChI=1S/C21H31N3O3S/c25-21(17-6-5-7-17)24-14-10-18-16-19(8-9-20(18)24)28(26,27)22-11-15-23-12-3-1-2-4-13-23/h8-9,16-17,22H,1-7,10-15H2. The third-order valence-electron chi connectivity index (χ3n) is 6.40. The van der Waals surface area contributed by atoms with Gasteiger partial charge in [0.2, 0.25) is 15.9 Å². The summed E-state index contributed by atoms with van der Waals surface area (Å²) in [6.45, 7) is 3.98. The van der Waals surface area contributed by atoms with Crippen LogP contribution in [-0.2, 0) is 21.2 Å². The summed E-state index contributed by atoms with van der Waals surface area (Å²) in [5, 5.41) is 0. The van der Waals surface area contributed by atoms with E-state index < -0.39 is 10.0 Å². The average Bonchev–Trinajstić information content (AvgIpc) is 2.88. The zero-order chi connectivity index (χ0) is 19.6. The van der Waals surface area contributed by atoms with Crippen LogP contribution in [0.1, 0.15) is 50.5 Å². The lowest BCUT2D eigenvalue weighted by molar-refractivity contribution is -0.124. The van der Waals surface area contributed by atoms with Crippen molar-refractivity contribution in [2.24, 2.45) is 5.92 Å². The van der Waals surface area contributed by atoms with Crippen LogP contribution in [0.5, 0.6) is 0 Å². The molecule has 154 valence electrons. The highest BCUT2D eigenvalue weighted by Gasteiger charge is 2.33. The summed E-state index contributed by atoms with van der Waals surface area (Å²) >= 11 is 0. The molecule has 0 spiro atoms. The lowest BCUT2D eigenvalue weighted by Gasteiger charge is -2.29. The van der Waals surface area contributed by atoms with Crippen molar-refractivity contribution in [3.63, 3.8) is 0 Å². The number of fused-ring (bicyclic) bond motifs is 1.